The number of hydrogen-bond acceptors (Lipinski definition) is 3. The fourth-order valence-corrected chi connectivity index (χ4v) is 2.51. The molecule has 0 atom stereocenters. The molecule has 1 N–H and O–H groups in total. The molecular formula is C17H18BrNO2. The molecule has 0 aliphatic heterocycles. The number of rotatable bonds is 5. The maximum absolute atomic E-state index is 11.5. The zero-order valence-corrected chi connectivity index (χ0v) is 13.7. The van der Waals surface area contributed by atoms with E-state index in [1.165, 1.54) is 12.7 Å². The summed E-state index contributed by atoms with van der Waals surface area (Å²) >= 11 is 3.59. The molecule has 110 valence electrons. The molecule has 2 rings (SSSR count). The lowest BCUT2D eigenvalue weighted by Crippen LogP contribution is -2.09. The average molecular weight is 348 g/mol. The van der Waals surface area contributed by atoms with Gasteiger partial charge in [0.15, 0.2) is 0 Å². The van der Waals surface area contributed by atoms with Crippen LogP contribution in [0, 0.1) is 6.92 Å². The van der Waals surface area contributed by atoms with E-state index in [0.717, 1.165) is 21.3 Å². The van der Waals surface area contributed by atoms with Gasteiger partial charge in [-0.15, -0.1) is 0 Å². The van der Waals surface area contributed by atoms with Crippen LogP contribution < -0.4 is 5.32 Å². The van der Waals surface area contributed by atoms with E-state index < -0.39 is 0 Å². The van der Waals surface area contributed by atoms with Crippen LogP contribution in [0.2, 0.25) is 0 Å². The van der Waals surface area contributed by atoms with Crippen molar-refractivity contribution in [3.63, 3.8) is 0 Å². The van der Waals surface area contributed by atoms with Crippen molar-refractivity contribution >= 4 is 27.6 Å². The number of hydrogen-bond donors (Lipinski definition) is 1. The van der Waals surface area contributed by atoms with Crippen molar-refractivity contribution in [2.24, 2.45) is 0 Å². The molecule has 0 saturated heterocycles. The van der Waals surface area contributed by atoms with Crippen molar-refractivity contribution in [3.05, 3.63) is 63.6 Å². The maximum atomic E-state index is 11.5. The van der Waals surface area contributed by atoms with E-state index in [1.807, 2.05) is 36.4 Å². The maximum Gasteiger partial charge on any atom is 0.309 e. The van der Waals surface area contributed by atoms with Gasteiger partial charge in [-0.1, -0.05) is 36.4 Å². The van der Waals surface area contributed by atoms with E-state index in [-0.39, 0.29) is 5.97 Å². The Hall–Kier alpha value is -1.81. The highest BCUT2D eigenvalue weighted by Gasteiger charge is 2.08. The Balaban J connectivity index is 2.13. The zero-order chi connectivity index (χ0) is 15.2. The minimum Gasteiger partial charge on any atom is -0.469 e. The highest BCUT2D eigenvalue weighted by Crippen LogP contribution is 2.26. The molecule has 0 saturated carbocycles. The smallest absolute Gasteiger partial charge is 0.309 e. The first-order valence-corrected chi connectivity index (χ1v) is 7.53. The van der Waals surface area contributed by atoms with E-state index in [4.69, 9.17) is 4.74 Å². The third-order valence-corrected chi connectivity index (χ3v) is 4.39. The van der Waals surface area contributed by atoms with Crippen molar-refractivity contribution in [1.82, 2.24) is 0 Å². The Kier molecular flexibility index (Phi) is 5.39. The van der Waals surface area contributed by atoms with Crippen LogP contribution in [0.5, 0.6) is 0 Å². The molecule has 0 aromatic heterocycles. The van der Waals surface area contributed by atoms with Gasteiger partial charge in [-0.3, -0.25) is 4.79 Å². The molecule has 4 heteroatoms. The summed E-state index contributed by atoms with van der Waals surface area (Å²) in [5, 5.41) is 3.40. The zero-order valence-electron chi connectivity index (χ0n) is 12.2. The lowest BCUT2D eigenvalue weighted by atomic mass is 10.0. The van der Waals surface area contributed by atoms with Crippen LogP contribution in [0.1, 0.15) is 16.7 Å². The molecule has 21 heavy (non-hydrogen) atoms. The number of methoxy groups -OCH3 is 1. The predicted molar refractivity (Wildman–Crippen MR) is 88.4 cm³/mol. The van der Waals surface area contributed by atoms with Gasteiger partial charge in [0.1, 0.15) is 0 Å². The van der Waals surface area contributed by atoms with E-state index >= 15 is 0 Å². The first kappa shape index (κ1) is 15.6. The minimum absolute atomic E-state index is 0.223. The molecule has 0 radical (unpaired) electrons. The Bertz CT molecular complexity index is 640. The molecule has 2 aromatic rings. The quantitative estimate of drug-likeness (QED) is 0.828. The minimum atomic E-state index is -0.223. The van der Waals surface area contributed by atoms with Gasteiger partial charge in [-0.25, -0.2) is 0 Å². The van der Waals surface area contributed by atoms with Gasteiger partial charge in [-0.05, 0) is 45.6 Å². The van der Waals surface area contributed by atoms with Crippen LogP contribution in [-0.2, 0) is 22.5 Å². The fourth-order valence-electron chi connectivity index (χ4n) is 2.10. The summed E-state index contributed by atoms with van der Waals surface area (Å²) in [5.41, 5.74) is 4.31. The molecule has 0 fully saturated rings. The molecule has 0 unspecified atom stereocenters. The van der Waals surface area contributed by atoms with Gasteiger partial charge in [0.25, 0.3) is 0 Å². The Morgan fingerprint density at radius 2 is 1.86 bits per heavy atom. The standard InChI is InChI=1S/C17H18BrNO2/c1-12-6-5-9-15(17(12)18)19-11-14-8-4-3-7-13(14)10-16(20)21-2/h3-9,19H,10-11H2,1-2H3. The van der Waals surface area contributed by atoms with Crippen molar-refractivity contribution in [2.45, 2.75) is 19.9 Å². The molecule has 0 bridgehead atoms. The number of esters is 1. The topological polar surface area (TPSA) is 38.3 Å². The Labute approximate surface area is 133 Å². The van der Waals surface area contributed by atoms with E-state index in [1.54, 1.807) is 0 Å². The van der Waals surface area contributed by atoms with E-state index in [9.17, 15) is 4.79 Å². The van der Waals surface area contributed by atoms with Gasteiger partial charge >= 0.3 is 5.97 Å². The van der Waals surface area contributed by atoms with Crippen molar-refractivity contribution in [1.29, 1.82) is 0 Å². The normalized spacial score (nSPS) is 10.2. The highest BCUT2D eigenvalue weighted by molar-refractivity contribution is 9.10. The molecule has 0 amide bonds. The van der Waals surface area contributed by atoms with Crippen molar-refractivity contribution in [3.8, 4) is 0 Å². The van der Waals surface area contributed by atoms with Crippen LogP contribution in [-0.4, -0.2) is 13.1 Å². The van der Waals surface area contributed by atoms with Crippen LogP contribution >= 0.6 is 15.9 Å². The Morgan fingerprint density at radius 3 is 2.57 bits per heavy atom. The molecule has 3 nitrogen and oxygen atoms in total. The van der Waals surface area contributed by atoms with Crippen LogP contribution in [0.25, 0.3) is 0 Å². The summed E-state index contributed by atoms with van der Waals surface area (Å²) in [4.78, 5) is 11.5. The van der Waals surface area contributed by atoms with Crippen LogP contribution in [0.15, 0.2) is 46.9 Å². The van der Waals surface area contributed by atoms with Crippen molar-refractivity contribution in [2.75, 3.05) is 12.4 Å². The molecule has 0 heterocycles. The monoisotopic (exact) mass is 347 g/mol. The van der Waals surface area contributed by atoms with E-state index in [0.29, 0.717) is 13.0 Å². The second-order valence-electron chi connectivity index (χ2n) is 4.81. The second kappa shape index (κ2) is 7.27. The number of halogens is 1. The predicted octanol–water partition coefficient (Wildman–Crippen LogP) is 4.09. The number of benzene rings is 2. The van der Waals surface area contributed by atoms with Gasteiger partial charge < -0.3 is 10.1 Å². The number of nitrogens with one attached hydrogen (secondary N) is 1. The third kappa shape index (κ3) is 4.08. The third-order valence-electron chi connectivity index (χ3n) is 3.34. The second-order valence-corrected chi connectivity index (χ2v) is 5.60. The number of ether oxygens (including phenoxy) is 1. The lowest BCUT2D eigenvalue weighted by Gasteiger charge is -2.13. The number of carbonyl (C=O) groups excluding carboxylic acids is 1. The SMILES string of the molecule is COC(=O)Cc1ccccc1CNc1cccc(C)c1Br. The summed E-state index contributed by atoms with van der Waals surface area (Å²) in [5.74, 6) is -0.223. The average Bonchev–Trinajstić information content (AvgIpc) is 2.50. The van der Waals surface area contributed by atoms with Crippen molar-refractivity contribution < 1.29 is 9.53 Å². The number of anilines is 1. The number of aryl methyl sites for hydroxylation is 1. The van der Waals surface area contributed by atoms with Crippen LogP contribution in [0.4, 0.5) is 5.69 Å². The Morgan fingerprint density at radius 1 is 1.14 bits per heavy atom. The summed E-state index contributed by atoms with van der Waals surface area (Å²) in [6.45, 7) is 2.72. The molecule has 0 spiro atoms. The summed E-state index contributed by atoms with van der Waals surface area (Å²) < 4.78 is 5.81. The van der Waals surface area contributed by atoms with Gasteiger partial charge in [0.05, 0.1) is 13.5 Å². The van der Waals surface area contributed by atoms with Gasteiger partial charge in [0, 0.05) is 16.7 Å². The lowest BCUT2D eigenvalue weighted by molar-refractivity contribution is -0.139. The first-order valence-electron chi connectivity index (χ1n) is 6.74. The summed E-state index contributed by atoms with van der Waals surface area (Å²) in [7, 11) is 1.41. The van der Waals surface area contributed by atoms with Gasteiger partial charge in [-0.2, -0.15) is 0 Å². The highest BCUT2D eigenvalue weighted by atomic mass is 79.9. The molecular weight excluding hydrogens is 330 g/mol. The van der Waals surface area contributed by atoms with Crippen LogP contribution in [0.3, 0.4) is 0 Å². The molecule has 0 aliphatic carbocycles. The number of carbonyl (C=O) groups is 1. The molecule has 0 aliphatic rings. The summed E-state index contributed by atoms with van der Waals surface area (Å²) in [6, 6.07) is 14.0. The molecule has 2 aromatic carbocycles. The fraction of sp³-hybridized carbons (Fsp3) is 0.235. The largest absolute Gasteiger partial charge is 0.469 e. The van der Waals surface area contributed by atoms with E-state index in [2.05, 4.69) is 34.2 Å². The first-order chi connectivity index (χ1) is 10.1. The summed E-state index contributed by atoms with van der Waals surface area (Å²) in [6.07, 6.45) is 0.295. The van der Waals surface area contributed by atoms with Gasteiger partial charge in [0.2, 0.25) is 0 Å².